The van der Waals surface area contributed by atoms with Crippen LogP contribution in [-0.2, 0) is 13.1 Å². The Morgan fingerprint density at radius 2 is 1.95 bits per heavy atom. The largest absolute Gasteiger partial charge is 0.340 e. The third-order valence-electron chi connectivity index (χ3n) is 2.95. The van der Waals surface area contributed by atoms with Gasteiger partial charge in [0.15, 0.2) is 0 Å². The van der Waals surface area contributed by atoms with Crippen LogP contribution in [-0.4, -0.2) is 17.0 Å². The Morgan fingerprint density at radius 1 is 1.16 bits per heavy atom. The van der Waals surface area contributed by atoms with E-state index in [1.807, 2.05) is 24.9 Å². The molecule has 4 nitrogen and oxygen atoms in total. The second kappa shape index (κ2) is 5.80. The van der Waals surface area contributed by atoms with Gasteiger partial charge in [-0.15, -0.1) is 0 Å². The number of aromatic nitrogens is 2. The van der Waals surface area contributed by atoms with Crippen molar-refractivity contribution in [2.45, 2.75) is 26.9 Å². The molecular formula is C15H20N4. The lowest BCUT2D eigenvalue weighted by Gasteiger charge is -2.18. The van der Waals surface area contributed by atoms with Gasteiger partial charge in [-0.05, 0) is 25.5 Å². The smallest absolute Gasteiger partial charge is 0.225 e. The first-order chi connectivity index (χ1) is 9.08. The molecule has 0 radical (unpaired) electrons. The number of anilines is 1. The van der Waals surface area contributed by atoms with Gasteiger partial charge in [-0.3, -0.25) is 0 Å². The van der Waals surface area contributed by atoms with Crippen LogP contribution in [0, 0.1) is 13.8 Å². The van der Waals surface area contributed by atoms with Crippen LogP contribution in [0.4, 0.5) is 5.95 Å². The lowest BCUT2D eigenvalue weighted by molar-refractivity contribution is 0.836. The standard InChI is InChI=1S/C15H20N4/c1-11-5-4-6-13(7-11)10-19(3)15-17-12(2)8-14(9-16)18-15/h4-8H,9-10,16H2,1-3H3. The molecule has 100 valence electrons. The summed E-state index contributed by atoms with van der Waals surface area (Å²) in [5.41, 5.74) is 9.99. The van der Waals surface area contributed by atoms with Crippen molar-refractivity contribution in [2.75, 3.05) is 11.9 Å². The Kier molecular flexibility index (Phi) is 4.12. The van der Waals surface area contributed by atoms with Crippen molar-refractivity contribution in [2.24, 2.45) is 5.73 Å². The van der Waals surface area contributed by atoms with Crippen molar-refractivity contribution < 1.29 is 0 Å². The Labute approximate surface area is 114 Å². The molecule has 0 fully saturated rings. The fraction of sp³-hybridized carbons (Fsp3) is 0.333. The average molecular weight is 256 g/mol. The lowest BCUT2D eigenvalue weighted by Crippen LogP contribution is -2.20. The number of hydrogen-bond donors (Lipinski definition) is 1. The topological polar surface area (TPSA) is 55.0 Å². The Hall–Kier alpha value is -1.94. The minimum atomic E-state index is 0.439. The normalized spacial score (nSPS) is 10.5. The fourth-order valence-corrected chi connectivity index (χ4v) is 2.05. The van der Waals surface area contributed by atoms with Crippen LogP contribution in [0.2, 0.25) is 0 Å². The molecule has 0 aliphatic heterocycles. The van der Waals surface area contributed by atoms with Gasteiger partial charge in [0.25, 0.3) is 0 Å². The highest BCUT2D eigenvalue weighted by atomic mass is 15.2. The maximum Gasteiger partial charge on any atom is 0.225 e. The summed E-state index contributed by atoms with van der Waals surface area (Å²) in [4.78, 5) is 11.0. The van der Waals surface area contributed by atoms with Gasteiger partial charge in [0.05, 0.1) is 5.69 Å². The van der Waals surface area contributed by atoms with Crippen LogP contribution in [0.25, 0.3) is 0 Å². The van der Waals surface area contributed by atoms with Crippen molar-refractivity contribution in [3.05, 3.63) is 52.8 Å². The molecule has 0 amide bonds. The van der Waals surface area contributed by atoms with Crippen LogP contribution in [0.1, 0.15) is 22.5 Å². The van der Waals surface area contributed by atoms with Crippen molar-refractivity contribution in [1.29, 1.82) is 0 Å². The zero-order valence-electron chi connectivity index (χ0n) is 11.7. The van der Waals surface area contributed by atoms with Gasteiger partial charge < -0.3 is 10.6 Å². The average Bonchev–Trinajstić information content (AvgIpc) is 2.38. The summed E-state index contributed by atoms with van der Waals surface area (Å²) < 4.78 is 0. The van der Waals surface area contributed by atoms with E-state index in [9.17, 15) is 0 Å². The van der Waals surface area contributed by atoms with E-state index in [0.29, 0.717) is 6.54 Å². The van der Waals surface area contributed by atoms with E-state index in [-0.39, 0.29) is 0 Å². The first-order valence-corrected chi connectivity index (χ1v) is 6.40. The van der Waals surface area contributed by atoms with Crippen molar-refractivity contribution >= 4 is 5.95 Å². The predicted molar refractivity (Wildman–Crippen MR) is 77.9 cm³/mol. The maximum absolute atomic E-state index is 5.65. The molecule has 0 bridgehead atoms. The van der Waals surface area contributed by atoms with Crippen molar-refractivity contribution in [3.8, 4) is 0 Å². The molecule has 1 aromatic carbocycles. The Balaban J connectivity index is 2.20. The first-order valence-electron chi connectivity index (χ1n) is 6.40. The Bertz CT molecular complexity index is 566. The van der Waals surface area contributed by atoms with Gasteiger partial charge in [0.2, 0.25) is 5.95 Å². The quantitative estimate of drug-likeness (QED) is 0.911. The fourth-order valence-electron chi connectivity index (χ4n) is 2.05. The number of aryl methyl sites for hydroxylation is 2. The van der Waals surface area contributed by atoms with Gasteiger partial charge in [-0.2, -0.15) is 0 Å². The molecule has 0 saturated heterocycles. The summed E-state index contributed by atoms with van der Waals surface area (Å²) in [5, 5.41) is 0. The van der Waals surface area contributed by atoms with Crippen LogP contribution >= 0.6 is 0 Å². The molecule has 0 atom stereocenters. The molecule has 1 aromatic heterocycles. The predicted octanol–water partition coefficient (Wildman–Crippen LogP) is 2.19. The first kappa shape index (κ1) is 13.5. The summed E-state index contributed by atoms with van der Waals surface area (Å²) in [6.07, 6.45) is 0. The highest BCUT2D eigenvalue weighted by Gasteiger charge is 2.07. The van der Waals surface area contributed by atoms with E-state index in [1.165, 1.54) is 11.1 Å². The molecule has 0 saturated carbocycles. The molecular weight excluding hydrogens is 236 g/mol. The van der Waals surface area contributed by atoms with E-state index in [1.54, 1.807) is 0 Å². The number of nitrogens with two attached hydrogens (primary N) is 1. The summed E-state index contributed by atoms with van der Waals surface area (Å²) in [6, 6.07) is 10.4. The van der Waals surface area contributed by atoms with Crippen molar-refractivity contribution in [3.63, 3.8) is 0 Å². The van der Waals surface area contributed by atoms with Crippen LogP contribution in [0.3, 0.4) is 0 Å². The molecule has 2 N–H and O–H groups in total. The molecule has 4 heteroatoms. The Morgan fingerprint density at radius 3 is 2.63 bits per heavy atom. The van der Waals surface area contributed by atoms with Crippen LogP contribution in [0.5, 0.6) is 0 Å². The summed E-state index contributed by atoms with van der Waals surface area (Å²) in [7, 11) is 2.00. The molecule has 2 aromatic rings. The highest BCUT2D eigenvalue weighted by molar-refractivity contribution is 5.34. The zero-order valence-corrected chi connectivity index (χ0v) is 11.7. The lowest BCUT2D eigenvalue weighted by atomic mass is 10.1. The third-order valence-corrected chi connectivity index (χ3v) is 2.95. The number of nitrogens with zero attached hydrogens (tertiary/aromatic N) is 3. The van der Waals surface area contributed by atoms with Gasteiger partial charge in [0.1, 0.15) is 0 Å². The van der Waals surface area contributed by atoms with Crippen LogP contribution in [0.15, 0.2) is 30.3 Å². The molecule has 2 rings (SSSR count). The number of benzene rings is 1. The summed E-state index contributed by atoms with van der Waals surface area (Å²) in [6.45, 7) is 5.29. The van der Waals surface area contributed by atoms with E-state index in [4.69, 9.17) is 5.73 Å². The van der Waals surface area contributed by atoms with Gasteiger partial charge in [-0.1, -0.05) is 29.8 Å². The molecule has 0 aliphatic carbocycles. The number of rotatable bonds is 4. The molecule has 19 heavy (non-hydrogen) atoms. The molecule has 0 spiro atoms. The molecule has 0 aliphatic rings. The van der Waals surface area contributed by atoms with Crippen LogP contribution < -0.4 is 10.6 Å². The summed E-state index contributed by atoms with van der Waals surface area (Å²) >= 11 is 0. The van der Waals surface area contributed by atoms with E-state index >= 15 is 0 Å². The van der Waals surface area contributed by atoms with E-state index in [0.717, 1.165) is 23.9 Å². The molecule has 0 unspecified atom stereocenters. The van der Waals surface area contributed by atoms with Gasteiger partial charge >= 0.3 is 0 Å². The highest BCUT2D eigenvalue weighted by Crippen LogP contribution is 2.13. The van der Waals surface area contributed by atoms with E-state index in [2.05, 4.69) is 41.2 Å². The number of hydrogen-bond acceptors (Lipinski definition) is 4. The maximum atomic E-state index is 5.65. The summed E-state index contributed by atoms with van der Waals surface area (Å²) in [5.74, 6) is 0.724. The van der Waals surface area contributed by atoms with Gasteiger partial charge in [0, 0.05) is 25.8 Å². The minimum absolute atomic E-state index is 0.439. The SMILES string of the molecule is Cc1cccc(CN(C)c2nc(C)cc(CN)n2)c1. The minimum Gasteiger partial charge on any atom is -0.340 e. The second-order valence-electron chi connectivity index (χ2n) is 4.85. The molecule has 1 heterocycles. The van der Waals surface area contributed by atoms with Gasteiger partial charge in [-0.25, -0.2) is 9.97 Å². The zero-order chi connectivity index (χ0) is 13.8. The second-order valence-corrected chi connectivity index (χ2v) is 4.85. The third kappa shape index (κ3) is 3.51. The van der Waals surface area contributed by atoms with Crippen molar-refractivity contribution in [1.82, 2.24) is 9.97 Å². The van der Waals surface area contributed by atoms with E-state index < -0.39 is 0 Å². The monoisotopic (exact) mass is 256 g/mol.